The van der Waals surface area contributed by atoms with E-state index in [1.165, 1.54) is 12.8 Å². The average molecular weight is 320 g/mol. The molecule has 0 aromatic carbocycles. The molecule has 2 atom stereocenters. The average Bonchev–Trinajstić information content (AvgIpc) is 2.69. The minimum absolute atomic E-state index is 0.0871. The van der Waals surface area contributed by atoms with Crippen molar-refractivity contribution in [1.29, 1.82) is 0 Å². The van der Waals surface area contributed by atoms with Crippen molar-refractivity contribution < 1.29 is 9.53 Å². The number of hydrogen-bond acceptors (Lipinski definition) is 5. The second-order valence-electron chi connectivity index (χ2n) is 7.07. The number of nitrogens with zero attached hydrogens (tertiary/aromatic N) is 2. The van der Waals surface area contributed by atoms with Gasteiger partial charge in [0.25, 0.3) is 0 Å². The summed E-state index contributed by atoms with van der Waals surface area (Å²) >= 11 is 0. The molecule has 1 fully saturated rings. The number of carbonyl (C=O) groups is 1. The van der Waals surface area contributed by atoms with Crippen LogP contribution in [0, 0.1) is 0 Å². The van der Waals surface area contributed by atoms with Crippen LogP contribution in [0.4, 0.5) is 4.79 Å². The fourth-order valence-electron chi connectivity index (χ4n) is 2.84. The van der Waals surface area contributed by atoms with Crippen LogP contribution in [-0.2, 0) is 11.3 Å². The van der Waals surface area contributed by atoms with Gasteiger partial charge in [-0.3, -0.25) is 9.97 Å². The summed E-state index contributed by atoms with van der Waals surface area (Å²) in [6.45, 7) is 6.29. The third-order valence-electron chi connectivity index (χ3n) is 3.88. The van der Waals surface area contributed by atoms with Crippen molar-refractivity contribution in [3.05, 3.63) is 24.3 Å². The number of alkyl carbamates (subject to hydrolysis) is 1. The van der Waals surface area contributed by atoms with Gasteiger partial charge in [-0.15, -0.1) is 0 Å². The molecule has 6 heteroatoms. The monoisotopic (exact) mass is 320 g/mol. The van der Waals surface area contributed by atoms with E-state index in [0.717, 1.165) is 25.0 Å². The summed E-state index contributed by atoms with van der Waals surface area (Å²) in [6.07, 6.45) is 10.3. The highest BCUT2D eigenvalue weighted by Crippen LogP contribution is 2.19. The second kappa shape index (κ2) is 8.24. The molecule has 0 bridgehead atoms. The summed E-state index contributed by atoms with van der Waals surface area (Å²) in [5, 5.41) is 6.57. The Morgan fingerprint density at radius 3 is 2.61 bits per heavy atom. The van der Waals surface area contributed by atoms with E-state index < -0.39 is 5.60 Å². The molecule has 1 aromatic heterocycles. The Hall–Kier alpha value is -1.69. The van der Waals surface area contributed by atoms with Gasteiger partial charge in [0.2, 0.25) is 0 Å². The van der Waals surface area contributed by atoms with Crippen molar-refractivity contribution in [3.63, 3.8) is 0 Å². The maximum Gasteiger partial charge on any atom is 0.407 e. The number of nitrogens with one attached hydrogen (secondary N) is 2. The molecule has 0 spiro atoms. The summed E-state index contributed by atoms with van der Waals surface area (Å²) in [5.41, 5.74) is 0.435. The Balaban J connectivity index is 1.92. The van der Waals surface area contributed by atoms with Crippen LogP contribution in [0.2, 0.25) is 0 Å². The zero-order valence-electron chi connectivity index (χ0n) is 14.3. The van der Waals surface area contributed by atoms with Crippen LogP contribution in [0.3, 0.4) is 0 Å². The molecule has 2 N–H and O–H groups in total. The van der Waals surface area contributed by atoms with E-state index in [1.54, 1.807) is 18.6 Å². The summed E-state index contributed by atoms with van der Waals surface area (Å²) < 4.78 is 5.39. The predicted molar refractivity (Wildman–Crippen MR) is 88.9 cm³/mol. The number of rotatable bonds is 4. The van der Waals surface area contributed by atoms with E-state index in [1.807, 2.05) is 20.8 Å². The molecule has 2 rings (SSSR count). The third-order valence-corrected chi connectivity index (χ3v) is 3.88. The lowest BCUT2D eigenvalue weighted by Crippen LogP contribution is -2.50. The Morgan fingerprint density at radius 1 is 1.22 bits per heavy atom. The summed E-state index contributed by atoms with van der Waals surface area (Å²) in [5.74, 6) is 0. The molecule has 0 aliphatic heterocycles. The minimum Gasteiger partial charge on any atom is -0.444 e. The molecule has 23 heavy (non-hydrogen) atoms. The summed E-state index contributed by atoms with van der Waals surface area (Å²) in [7, 11) is 0. The van der Waals surface area contributed by atoms with E-state index in [-0.39, 0.29) is 18.2 Å². The molecule has 1 aliphatic carbocycles. The summed E-state index contributed by atoms with van der Waals surface area (Å²) in [4.78, 5) is 20.4. The Bertz CT molecular complexity index is 487. The predicted octanol–water partition coefficient (Wildman–Crippen LogP) is 2.79. The van der Waals surface area contributed by atoms with Gasteiger partial charge in [0.05, 0.1) is 5.69 Å². The molecule has 6 nitrogen and oxygen atoms in total. The van der Waals surface area contributed by atoms with Gasteiger partial charge >= 0.3 is 6.09 Å². The lowest BCUT2D eigenvalue weighted by molar-refractivity contribution is 0.0489. The number of ether oxygens (including phenoxy) is 1. The third kappa shape index (κ3) is 6.52. The van der Waals surface area contributed by atoms with Crippen molar-refractivity contribution >= 4 is 6.09 Å². The number of hydrogen-bond donors (Lipinski definition) is 2. The molecule has 1 saturated carbocycles. The Morgan fingerprint density at radius 2 is 1.96 bits per heavy atom. The van der Waals surface area contributed by atoms with Crippen LogP contribution in [0.25, 0.3) is 0 Å². The molecular weight excluding hydrogens is 292 g/mol. The van der Waals surface area contributed by atoms with Gasteiger partial charge in [-0.25, -0.2) is 4.79 Å². The molecule has 0 radical (unpaired) electrons. The fourth-order valence-corrected chi connectivity index (χ4v) is 2.84. The largest absolute Gasteiger partial charge is 0.444 e. The first-order valence-electron chi connectivity index (χ1n) is 8.42. The van der Waals surface area contributed by atoms with Gasteiger partial charge in [-0.2, -0.15) is 0 Å². The van der Waals surface area contributed by atoms with E-state index in [0.29, 0.717) is 6.54 Å². The standard InChI is InChI=1S/C17H28N4O2/c1-17(2,3)23-16(22)21-15-8-6-4-5-7-14(15)20-12-13-11-18-9-10-19-13/h9-11,14-15,20H,4-8,12H2,1-3H3,(H,21,22). The van der Waals surface area contributed by atoms with Crippen LogP contribution in [0.5, 0.6) is 0 Å². The fraction of sp³-hybridized carbons (Fsp3) is 0.706. The number of aromatic nitrogens is 2. The van der Waals surface area contributed by atoms with Crippen molar-refractivity contribution in [1.82, 2.24) is 20.6 Å². The topological polar surface area (TPSA) is 76.1 Å². The van der Waals surface area contributed by atoms with Crippen molar-refractivity contribution in [3.8, 4) is 0 Å². The van der Waals surface area contributed by atoms with Crippen LogP contribution in [0.15, 0.2) is 18.6 Å². The van der Waals surface area contributed by atoms with Gasteiger partial charge in [-0.1, -0.05) is 19.3 Å². The van der Waals surface area contributed by atoms with Gasteiger partial charge < -0.3 is 15.4 Å². The maximum absolute atomic E-state index is 12.1. The molecule has 128 valence electrons. The highest BCUT2D eigenvalue weighted by atomic mass is 16.6. The lowest BCUT2D eigenvalue weighted by atomic mass is 10.0. The van der Waals surface area contributed by atoms with E-state index >= 15 is 0 Å². The zero-order chi connectivity index (χ0) is 16.7. The van der Waals surface area contributed by atoms with Gasteiger partial charge in [0.15, 0.2) is 0 Å². The van der Waals surface area contributed by atoms with Crippen LogP contribution in [-0.4, -0.2) is 33.7 Å². The SMILES string of the molecule is CC(C)(C)OC(=O)NC1CCCCCC1NCc1cnccn1. The minimum atomic E-state index is -0.475. The van der Waals surface area contributed by atoms with Gasteiger partial charge in [-0.05, 0) is 33.6 Å². The smallest absolute Gasteiger partial charge is 0.407 e. The van der Waals surface area contributed by atoms with Crippen LogP contribution in [0.1, 0.15) is 58.6 Å². The summed E-state index contributed by atoms with van der Waals surface area (Å²) in [6, 6.07) is 0.316. The molecule has 1 aromatic rings. The van der Waals surface area contributed by atoms with E-state index in [2.05, 4.69) is 20.6 Å². The molecule has 1 amide bonds. The van der Waals surface area contributed by atoms with E-state index in [9.17, 15) is 4.79 Å². The molecule has 0 saturated heterocycles. The molecule has 1 aliphatic rings. The maximum atomic E-state index is 12.1. The van der Waals surface area contributed by atoms with Crippen molar-refractivity contribution in [2.24, 2.45) is 0 Å². The van der Waals surface area contributed by atoms with Crippen molar-refractivity contribution in [2.45, 2.75) is 77.1 Å². The van der Waals surface area contributed by atoms with Crippen molar-refractivity contribution in [2.75, 3.05) is 0 Å². The molecule has 1 heterocycles. The first-order valence-corrected chi connectivity index (χ1v) is 8.42. The normalized spacial score (nSPS) is 22.2. The lowest BCUT2D eigenvalue weighted by Gasteiger charge is -2.28. The Labute approximate surface area is 138 Å². The second-order valence-corrected chi connectivity index (χ2v) is 7.07. The number of amides is 1. The van der Waals surface area contributed by atoms with Crippen LogP contribution >= 0.6 is 0 Å². The van der Waals surface area contributed by atoms with Crippen LogP contribution < -0.4 is 10.6 Å². The highest BCUT2D eigenvalue weighted by Gasteiger charge is 2.27. The quantitative estimate of drug-likeness (QED) is 0.834. The van der Waals surface area contributed by atoms with Gasteiger partial charge in [0.1, 0.15) is 5.60 Å². The Kier molecular flexibility index (Phi) is 6.33. The number of carbonyl (C=O) groups excluding carboxylic acids is 1. The van der Waals surface area contributed by atoms with Gasteiger partial charge in [0, 0.05) is 37.2 Å². The first kappa shape index (κ1) is 17.7. The molecule has 2 unspecified atom stereocenters. The first-order chi connectivity index (χ1) is 10.9. The highest BCUT2D eigenvalue weighted by molar-refractivity contribution is 5.68. The molecular formula is C17H28N4O2. The zero-order valence-corrected chi connectivity index (χ0v) is 14.3. The van der Waals surface area contributed by atoms with E-state index in [4.69, 9.17) is 4.74 Å².